The molecule has 17 heavy (non-hydrogen) atoms. The van der Waals surface area contributed by atoms with E-state index >= 15 is 0 Å². The van der Waals surface area contributed by atoms with Crippen molar-refractivity contribution < 1.29 is 13.3 Å². The van der Waals surface area contributed by atoms with Gasteiger partial charge in [-0.3, -0.25) is 4.84 Å². The van der Waals surface area contributed by atoms with Gasteiger partial charge >= 0.3 is 0 Å². The fourth-order valence-corrected chi connectivity index (χ4v) is 2.42. The lowest BCUT2D eigenvalue weighted by molar-refractivity contribution is -0.0258. The number of rotatable bonds is 5. The van der Waals surface area contributed by atoms with E-state index in [-0.39, 0.29) is 4.90 Å². The number of nitrogens with zero attached hydrogens (tertiary/aromatic N) is 1. The molecular weight excluding hydrogens is 238 g/mol. The number of hydroxylamine groups is 1. The molecule has 0 aromatic heterocycles. The molecule has 96 valence electrons. The summed E-state index contributed by atoms with van der Waals surface area (Å²) in [7, 11) is -0.830. The fraction of sp³-hybridized carbons (Fsp3) is 0.500. The zero-order valence-corrected chi connectivity index (χ0v) is 11.5. The van der Waals surface area contributed by atoms with Crippen LogP contribution < -0.4 is 0 Å². The third-order valence-corrected chi connectivity index (χ3v) is 4.65. The molecule has 1 aromatic carbocycles. The summed E-state index contributed by atoms with van der Waals surface area (Å²) >= 11 is 0. The molecule has 0 amide bonds. The van der Waals surface area contributed by atoms with Crippen molar-refractivity contribution in [1.82, 2.24) is 4.47 Å². The van der Waals surface area contributed by atoms with Gasteiger partial charge in [0.2, 0.25) is 0 Å². The van der Waals surface area contributed by atoms with Gasteiger partial charge in [0.1, 0.15) is 0 Å². The molecule has 0 aliphatic rings. The Hall–Kier alpha value is -0.910. The van der Waals surface area contributed by atoms with E-state index in [1.165, 1.54) is 14.2 Å². The van der Waals surface area contributed by atoms with Crippen molar-refractivity contribution in [2.45, 2.75) is 31.1 Å². The van der Waals surface area contributed by atoms with E-state index < -0.39 is 10.0 Å². The van der Waals surface area contributed by atoms with E-state index in [1.807, 2.05) is 12.1 Å². The number of hydrogen-bond donors (Lipinski definition) is 0. The van der Waals surface area contributed by atoms with Crippen molar-refractivity contribution in [3.63, 3.8) is 0 Å². The summed E-state index contributed by atoms with van der Waals surface area (Å²) in [5, 5.41) is 0. The van der Waals surface area contributed by atoms with Crippen LogP contribution in [0.3, 0.4) is 0 Å². The molecule has 0 N–H and O–H groups in total. The van der Waals surface area contributed by atoms with Gasteiger partial charge in [-0.1, -0.05) is 30.4 Å². The van der Waals surface area contributed by atoms with Crippen LogP contribution in [-0.4, -0.2) is 27.0 Å². The second kappa shape index (κ2) is 5.62. The number of benzene rings is 1. The fourth-order valence-electron chi connectivity index (χ4n) is 1.45. The Morgan fingerprint density at radius 3 is 2.24 bits per heavy atom. The molecule has 1 rings (SSSR count). The highest BCUT2D eigenvalue weighted by molar-refractivity contribution is 7.89. The van der Waals surface area contributed by atoms with Crippen molar-refractivity contribution in [1.29, 1.82) is 0 Å². The Morgan fingerprint density at radius 1 is 1.29 bits per heavy atom. The Balaban J connectivity index is 3.03. The van der Waals surface area contributed by atoms with Gasteiger partial charge in [0, 0.05) is 7.05 Å². The Labute approximate surface area is 103 Å². The van der Waals surface area contributed by atoms with E-state index in [0.29, 0.717) is 5.92 Å². The maximum atomic E-state index is 11.9. The highest BCUT2D eigenvalue weighted by Gasteiger charge is 2.20. The second-order valence-electron chi connectivity index (χ2n) is 3.98. The minimum absolute atomic E-state index is 0.244. The Bertz CT molecular complexity index is 453. The molecule has 1 unspecified atom stereocenters. The van der Waals surface area contributed by atoms with Gasteiger partial charge in [0.05, 0.1) is 12.0 Å². The molecule has 0 fully saturated rings. The number of sulfonamides is 1. The molecule has 0 aliphatic heterocycles. The van der Waals surface area contributed by atoms with Crippen LogP contribution in [-0.2, 0) is 14.9 Å². The molecule has 4 nitrogen and oxygen atoms in total. The lowest BCUT2D eigenvalue weighted by Gasteiger charge is -2.15. The number of hydrogen-bond acceptors (Lipinski definition) is 3. The highest BCUT2D eigenvalue weighted by Crippen LogP contribution is 2.21. The van der Waals surface area contributed by atoms with Crippen LogP contribution in [0.4, 0.5) is 0 Å². The first-order valence-corrected chi connectivity index (χ1v) is 7.00. The highest BCUT2D eigenvalue weighted by atomic mass is 32.2. The maximum Gasteiger partial charge on any atom is 0.264 e. The van der Waals surface area contributed by atoms with Crippen LogP contribution in [0, 0.1) is 0 Å². The van der Waals surface area contributed by atoms with Gasteiger partial charge in [-0.25, -0.2) is 8.42 Å². The van der Waals surface area contributed by atoms with E-state index in [4.69, 9.17) is 4.84 Å². The molecule has 0 saturated heterocycles. The van der Waals surface area contributed by atoms with Crippen LogP contribution >= 0.6 is 0 Å². The minimum atomic E-state index is -3.53. The van der Waals surface area contributed by atoms with Gasteiger partial charge in [-0.15, -0.1) is 0 Å². The lowest BCUT2D eigenvalue weighted by atomic mass is 9.99. The quantitative estimate of drug-likeness (QED) is 0.761. The van der Waals surface area contributed by atoms with Crippen molar-refractivity contribution in [2.24, 2.45) is 0 Å². The first-order valence-electron chi connectivity index (χ1n) is 5.56. The Morgan fingerprint density at radius 2 is 1.82 bits per heavy atom. The molecule has 0 radical (unpaired) electrons. The molecule has 0 bridgehead atoms. The van der Waals surface area contributed by atoms with Gasteiger partial charge < -0.3 is 0 Å². The van der Waals surface area contributed by atoms with Gasteiger partial charge in [-0.05, 0) is 30.0 Å². The van der Waals surface area contributed by atoms with Gasteiger partial charge in [0.15, 0.2) is 0 Å². The molecule has 1 atom stereocenters. The SMILES string of the molecule is CCC(C)c1ccc(S(=O)(=O)N(C)OC)cc1. The van der Waals surface area contributed by atoms with Crippen LogP contribution in [0.2, 0.25) is 0 Å². The van der Waals surface area contributed by atoms with Gasteiger partial charge in [-0.2, -0.15) is 0 Å². The normalized spacial score (nSPS) is 13.9. The smallest absolute Gasteiger partial charge is 0.264 e. The largest absolute Gasteiger partial charge is 0.288 e. The summed E-state index contributed by atoms with van der Waals surface area (Å²) < 4.78 is 24.7. The molecule has 0 heterocycles. The molecule has 0 saturated carbocycles. The lowest BCUT2D eigenvalue weighted by Crippen LogP contribution is -2.25. The molecule has 0 aliphatic carbocycles. The average Bonchev–Trinajstić information content (AvgIpc) is 2.36. The van der Waals surface area contributed by atoms with E-state index in [2.05, 4.69) is 13.8 Å². The molecule has 1 aromatic rings. The second-order valence-corrected chi connectivity index (χ2v) is 5.91. The van der Waals surface area contributed by atoms with E-state index in [9.17, 15) is 8.42 Å². The van der Waals surface area contributed by atoms with Crippen molar-refractivity contribution in [3.8, 4) is 0 Å². The summed E-state index contributed by atoms with van der Waals surface area (Å²) in [6, 6.07) is 6.94. The first-order chi connectivity index (χ1) is 7.93. The minimum Gasteiger partial charge on any atom is -0.288 e. The molecule has 5 heteroatoms. The maximum absolute atomic E-state index is 11.9. The summed E-state index contributed by atoms with van der Waals surface area (Å²) in [6.45, 7) is 4.22. The predicted octanol–water partition coefficient (Wildman–Crippen LogP) is 2.38. The summed E-state index contributed by atoms with van der Waals surface area (Å²) in [5.74, 6) is 0.437. The zero-order valence-electron chi connectivity index (χ0n) is 10.7. The van der Waals surface area contributed by atoms with Crippen LogP contribution in [0.5, 0.6) is 0 Å². The van der Waals surface area contributed by atoms with Crippen LogP contribution in [0.15, 0.2) is 29.2 Å². The monoisotopic (exact) mass is 257 g/mol. The van der Waals surface area contributed by atoms with Crippen molar-refractivity contribution in [2.75, 3.05) is 14.2 Å². The molecular formula is C12H19NO3S. The summed E-state index contributed by atoms with van der Waals surface area (Å²) in [5.41, 5.74) is 1.14. The van der Waals surface area contributed by atoms with Crippen molar-refractivity contribution >= 4 is 10.0 Å². The third-order valence-electron chi connectivity index (χ3n) is 2.95. The van der Waals surface area contributed by atoms with Gasteiger partial charge in [0.25, 0.3) is 10.0 Å². The van der Waals surface area contributed by atoms with Crippen LogP contribution in [0.1, 0.15) is 31.7 Å². The third kappa shape index (κ3) is 3.06. The summed E-state index contributed by atoms with van der Waals surface area (Å²) in [6.07, 6.45) is 1.03. The molecule has 0 spiro atoms. The van der Waals surface area contributed by atoms with E-state index in [1.54, 1.807) is 12.1 Å². The summed E-state index contributed by atoms with van der Waals surface area (Å²) in [4.78, 5) is 4.96. The first kappa shape index (κ1) is 14.2. The standard InChI is InChI=1S/C12H19NO3S/c1-5-10(2)11-6-8-12(9-7-11)17(14,15)13(3)16-4/h6-10H,5H2,1-4H3. The average molecular weight is 257 g/mol. The topological polar surface area (TPSA) is 46.6 Å². The predicted molar refractivity (Wildman–Crippen MR) is 67.1 cm³/mol. The Kier molecular flexibility index (Phi) is 4.68. The van der Waals surface area contributed by atoms with E-state index in [0.717, 1.165) is 16.5 Å². The zero-order chi connectivity index (χ0) is 13.1. The van der Waals surface area contributed by atoms with Crippen LogP contribution in [0.25, 0.3) is 0 Å². The van der Waals surface area contributed by atoms with Crippen molar-refractivity contribution in [3.05, 3.63) is 29.8 Å².